The van der Waals surface area contributed by atoms with Crippen LogP contribution in [0.3, 0.4) is 0 Å². The van der Waals surface area contributed by atoms with Crippen LogP contribution in [0.5, 0.6) is 0 Å². The van der Waals surface area contributed by atoms with Gasteiger partial charge in [-0.2, -0.15) is 0 Å². The van der Waals surface area contributed by atoms with Crippen LogP contribution in [0, 0.1) is 5.92 Å². The van der Waals surface area contributed by atoms with Crippen LogP contribution in [0.2, 0.25) is 0 Å². The molecule has 4 heteroatoms. The fourth-order valence-electron chi connectivity index (χ4n) is 3.69. The van der Waals surface area contributed by atoms with Gasteiger partial charge in [0.2, 0.25) is 0 Å². The van der Waals surface area contributed by atoms with Gasteiger partial charge in [0.25, 0.3) is 5.56 Å². The van der Waals surface area contributed by atoms with E-state index in [1.54, 1.807) is 11.8 Å². The summed E-state index contributed by atoms with van der Waals surface area (Å²) in [4.78, 5) is 28.5. The number of aromatic nitrogens is 1. The molecule has 0 radical (unpaired) electrons. The van der Waals surface area contributed by atoms with Gasteiger partial charge in [-0.3, -0.25) is 9.59 Å². The van der Waals surface area contributed by atoms with Gasteiger partial charge in [-0.05, 0) is 61.1 Å². The van der Waals surface area contributed by atoms with Gasteiger partial charge in [-0.25, -0.2) is 0 Å². The van der Waals surface area contributed by atoms with Crippen molar-refractivity contribution in [2.45, 2.75) is 42.9 Å². The molecule has 0 aliphatic heterocycles. The van der Waals surface area contributed by atoms with Gasteiger partial charge >= 0.3 is 0 Å². The molecule has 2 aliphatic rings. The van der Waals surface area contributed by atoms with E-state index in [0.717, 1.165) is 41.7 Å². The van der Waals surface area contributed by atoms with E-state index in [0.29, 0.717) is 24.5 Å². The first-order valence-electron chi connectivity index (χ1n) is 9.25. The fourth-order valence-corrected chi connectivity index (χ4v) is 4.10. The second-order valence-electron chi connectivity index (χ2n) is 7.28. The number of ketones is 1. The molecule has 1 heterocycles. The number of rotatable bonds is 5. The van der Waals surface area contributed by atoms with Gasteiger partial charge < -0.3 is 4.98 Å². The number of thioether (sulfide) groups is 1. The zero-order chi connectivity index (χ0) is 18.1. The van der Waals surface area contributed by atoms with E-state index in [1.807, 2.05) is 12.1 Å². The molecule has 0 bridgehead atoms. The number of nitrogens with one attached hydrogen (secondary N) is 1. The van der Waals surface area contributed by atoms with Crippen LogP contribution in [0.1, 0.15) is 54.8 Å². The molecule has 3 nitrogen and oxygen atoms in total. The molecule has 2 fully saturated rings. The summed E-state index contributed by atoms with van der Waals surface area (Å²) >= 11 is 1.71. The molecular formula is C22H23NO2S. The minimum Gasteiger partial charge on any atom is -0.322 e. The maximum absolute atomic E-state index is 12.5. The van der Waals surface area contributed by atoms with Crippen LogP contribution in [0.4, 0.5) is 0 Å². The minimum atomic E-state index is 0.0270. The molecule has 134 valence electrons. The highest BCUT2D eigenvalue weighted by molar-refractivity contribution is 7.98. The van der Waals surface area contributed by atoms with Crippen molar-refractivity contribution < 1.29 is 4.79 Å². The summed E-state index contributed by atoms with van der Waals surface area (Å²) in [6, 6.07) is 12.4. The molecule has 4 rings (SSSR count). The molecule has 0 amide bonds. The van der Waals surface area contributed by atoms with E-state index in [1.165, 1.54) is 4.90 Å². The van der Waals surface area contributed by atoms with Crippen LogP contribution < -0.4 is 5.56 Å². The number of pyridine rings is 1. The highest BCUT2D eigenvalue weighted by Crippen LogP contribution is 2.38. The average molecular weight is 365 g/mol. The molecule has 0 unspecified atom stereocenters. The third-order valence-electron chi connectivity index (χ3n) is 5.33. The third-order valence-corrected chi connectivity index (χ3v) is 6.08. The van der Waals surface area contributed by atoms with Crippen molar-refractivity contribution in [3.8, 4) is 0 Å². The van der Waals surface area contributed by atoms with Crippen molar-refractivity contribution >= 4 is 23.1 Å². The first-order valence-corrected chi connectivity index (χ1v) is 10.5. The Bertz CT molecular complexity index is 906. The van der Waals surface area contributed by atoms with E-state index in [9.17, 15) is 9.59 Å². The SMILES string of the molecule is CSc1ccc(/C(=C/[C@H]2CCC(=O)C2)c2ccc(C3CC3)c(=O)[nH]2)cc1. The fraction of sp³-hybridized carbons (Fsp3) is 0.364. The lowest BCUT2D eigenvalue weighted by molar-refractivity contribution is -0.117. The summed E-state index contributed by atoms with van der Waals surface area (Å²) in [6.07, 6.45) is 8.64. The van der Waals surface area contributed by atoms with Crippen LogP contribution in [-0.4, -0.2) is 17.0 Å². The second-order valence-corrected chi connectivity index (χ2v) is 8.16. The standard InChI is InChI=1S/C22H23NO2S/c1-26-18-8-5-16(6-9-18)20(13-14-2-7-17(24)12-14)21-11-10-19(15-3-4-15)22(25)23-21/h5-6,8-11,13-15H,2-4,7,12H2,1H3,(H,23,25)/b20-13-/t14-/m0/s1. The van der Waals surface area contributed by atoms with Crippen molar-refractivity contribution in [3.63, 3.8) is 0 Å². The Labute approximate surface area is 157 Å². The highest BCUT2D eigenvalue weighted by Gasteiger charge is 2.26. The normalized spacial score (nSPS) is 20.6. The molecule has 2 aliphatic carbocycles. The van der Waals surface area contributed by atoms with E-state index >= 15 is 0 Å². The lowest BCUT2D eigenvalue weighted by Gasteiger charge is -2.12. The number of aromatic amines is 1. The first kappa shape index (κ1) is 17.3. The zero-order valence-corrected chi connectivity index (χ0v) is 15.8. The number of Topliss-reactive ketones (excluding diaryl/α,β-unsaturated/α-hetero) is 1. The summed E-state index contributed by atoms with van der Waals surface area (Å²) < 4.78 is 0. The third kappa shape index (κ3) is 3.70. The van der Waals surface area contributed by atoms with Crippen molar-refractivity contribution in [1.82, 2.24) is 4.98 Å². The summed E-state index contributed by atoms with van der Waals surface area (Å²) in [6.45, 7) is 0. The lowest BCUT2D eigenvalue weighted by atomic mass is 9.95. The maximum atomic E-state index is 12.5. The van der Waals surface area contributed by atoms with Gasteiger partial charge in [0.1, 0.15) is 5.78 Å². The highest BCUT2D eigenvalue weighted by atomic mass is 32.2. The number of benzene rings is 1. The smallest absolute Gasteiger partial charge is 0.251 e. The number of carbonyl (C=O) groups excluding carboxylic acids is 1. The maximum Gasteiger partial charge on any atom is 0.251 e. The minimum absolute atomic E-state index is 0.0270. The number of allylic oxidation sites excluding steroid dienone is 1. The summed E-state index contributed by atoms with van der Waals surface area (Å²) in [7, 11) is 0. The summed E-state index contributed by atoms with van der Waals surface area (Å²) in [5, 5.41) is 0. The predicted octanol–water partition coefficient (Wildman–Crippen LogP) is 4.78. The van der Waals surface area contributed by atoms with E-state index < -0.39 is 0 Å². The van der Waals surface area contributed by atoms with Crippen LogP contribution in [-0.2, 0) is 4.79 Å². The molecule has 0 spiro atoms. The summed E-state index contributed by atoms with van der Waals surface area (Å²) in [5.41, 5.74) is 3.88. The predicted molar refractivity (Wildman–Crippen MR) is 107 cm³/mol. The van der Waals surface area contributed by atoms with Gasteiger partial charge in [0, 0.05) is 34.6 Å². The van der Waals surface area contributed by atoms with Crippen LogP contribution >= 0.6 is 11.8 Å². The molecule has 1 aromatic carbocycles. The molecule has 26 heavy (non-hydrogen) atoms. The first-order chi connectivity index (χ1) is 12.6. The quantitative estimate of drug-likeness (QED) is 0.776. The monoisotopic (exact) mass is 365 g/mol. The number of hydrogen-bond acceptors (Lipinski definition) is 3. The zero-order valence-electron chi connectivity index (χ0n) is 15.0. The van der Waals surface area contributed by atoms with Crippen molar-refractivity contribution in [2.24, 2.45) is 5.92 Å². The van der Waals surface area contributed by atoms with Gasteiger partial charge in [0.15, 0.2) is 0 Å². The average Bonchev–Trinajstić information content (AvgIpc) is 3.41. The molecule has 1 atom stereocenters. The Morgan fingerprint density at radius 1 is 1.08 bits per heavy atom. The summed E-state index contributed by atoms with van der Waals surface area (Å²) in [5.74, 6) is 1.03. The van der Waals surface area contributed by atoms with Gasteiger partial charge in [-0.15, -0.1) is 11.8 Å². The lowest BCUT2D eigenvalue weighted by Crippen LogP contribution is -2.13. The largest absolute Gasteiger partial charge is 0.322 e. The molecular weight excluding hydrogens is 342 g/mol. The molecule has 2 aromatic rings. The van der Waals surface area contributed by atoms with Crippen molar-refractivity contribution in [2.75, 3.05) is 6.26 Å². The molecule has 1 N–H and O–H groups in total. The molecule has 2 saturated carbocycles. The number of hydrogen-bond donors (Lipinski definition) is 1. The van der Waals surface area contributed by atoms with Gasteiger partial charge in [-0.1, -0.05) is 24.3 Å². The van der Waals surface area contributed by atoms with E-state index in [2.05, 4.69) is 41.6 Å². The molecule has 1 aromatic heterocycles. The van der Waals surface area contributed by atoms with Crippen LogP contribution in [0.15, 0.2) is 52.2 Å². The number of carbonyl (C=O) groups is 1. The van der Waals surface area contributed by atoms with Crippen molar-refractivity contribution in [3.05, 3.63) is 69.6 Å². The van der Waals surface area contributed by atoms with Crippen molar-refractivity contribution in [1.29, 1.82) is 0 Å². The van der Waals surface area contributed by atoms with E-state index in [-0.39, 0.29) is 11.5 Å². The Hall–Kier alpha value is -2.07. The topological polar surface area (TPSA) is 49.9 Å². The number of H-pyrrole nitrogens is 1. The van der Waals surface area contributed by atoms with Gasteiger partial charge in [0.05, 0.1) is 0 Å². The Morgan fingerprint density at radius 2 is 1.85 bits per heavy atom. The molecule has 0 saturated heterocycles. The Balaban J connectivity index is 1.74. The Morgan fingerprint density at radius 3 is 2.42 bits per heavy atom. The second kappa shape index (κ2) is 7.28. The van der Waals surface area contributed by atoms with E-state index in [4.69, 9.17) is 0 Å². The van der Waals surface area contributed by atoms with Crippen LogP contribution in [0.25, 0.3) is 5.57 Å². The Kier molecular flexibility index (Phi) is 4.86.